The molecule has 0 aliphatic heterocycles. The van der Waals surface area contributed by atoms with Crippen LogP contribution in [0.5, 0.6) is 5.75 Å². The van der Waals surface area contributed by atoms with Crippen molar-refractivity contribution in [3.8, 4) is 5.75 Å². The Morgan fingerprint density at radius 1 is 1.12 bits per heavy atom. The summed E-state index contributed by atoms with van der Waals surface area (Å²) in [5.41, 5.74) is 2.26. The van der Waals surface area contributed by atoms with Crippen molar-refractivity contribution < 1.29 is 4.74 Å². The summed E-state index contributed by atoms with van der Waals surface area (Å²) in [5.74, 6) is 0.844. The molecule has 0 saturated carbocycles. The maximum Gasteiger partial charge on any atom is 0.287 e. The van der Waals surface area contributed by atoms with Crippen LogP contribution in [-0.4, -0.2) is 22.9 Å². The predicted octanol–water partition coefficient (Wildman–Crippen LogP) is 3.74. The monoisotopic (exact) mass is 369 g/mol. The van der Waals surface area contributed by atoms with E-state index in [1.165, 1.54) is 4.68 Å². The summed E-state index contributed by atoms with van der Waals surface area (Å²) < 4.78 is 7.08. The topological polar surface area (TPSA) is 56.1 Å². The number of benzene rings is 2. The number of para-hydroxylation sites is 1. The third-order valence-electron chi connectivity index (χ3n) is 3.93. The molecule has 0 spiro atoms. The largest absolute Gasteiger partial charge is 0.491 e. The Hall–Kier alpha value is -2.79. The fourth-order valence-corrected chi connectivity index (χ4v) is 2.74. The third kappa shape index (κ3) is 4.43. The lowest BCUT2D eigenvalue weighted by Crippen LogP contribution is -2.25. The molecule has 0 aliphatic rings. The second kappa shape index (κ2) is 8.54. The first-order chi connectivity index (χ1) is 12.6. The van der Waals surface area contributed by atoms with Gasteiger partial charge in [-0.05, 0) is 24.1 Å². The van der Waals surface area contributed by atoms with Crippen molar-refractivity contribution in [3.63, 3.8) is 0 Å². The highest BCUT2D eigenvalue weighted by Crippen LogP contribution is 2.17. The Morgan fingerprint density at radius 2 is 1.85 bits per heavy atom. The molecule has 0 saturated heterocycles. The minimum absolute atomic E-state index is 0.131. The second-order valence-electron chi connectivity index (χ2n) is 5.86. The maximum absolute atomic E-state index is 12.4. The van der Waals surface area contributed by atoms with E-state index in [-0.39, 0.29) is 10.6 Å². The van der Waals surface area contributed by atoms with Crippen LogP contribution in [0.4, 0.5) is 5.69 Å². The summed E-state index contributed by atoms with van der Waals surface area (Å²) in [6.45, 7) is 3.35. The molecule has 6 heteroatoms. The van der Waals surface area contributed by atoms with Crippen LogP contribution in [0.1, 0.15) is 11.1 Å². The zero-order valence-electron chi connectivity index (χ0n) is 14.5. The minimum atomic E-state index is -0.319. The minimum Gasteiger partial charge on any atom is -0.491 e. The van der Waals surface area contributed by atoms with Crippen LogP contribution in [0.25, 0.3) is 0 Å². The van der Waals surface area contributed by atoms with E-state index in [4.69, 9.17) is 16.3 Å². The average molecular weight is 370 g/mol. The fraction of sp³-hybridized carbons (Fsp3) is 0.200. The molecule has 5 nitrogen and oxygen atoms in total. The van der Waals surface area contributed by atoms with Gasteiger partial charge in [0.15, 0.2) is 0 Å². The van der Waals surface area contributed by atoms with E-state index in [1.54, 1.807) is 6.20 Å². The lowest BCUT2D eigenvalue weighted by atomic mass is 10.2. The number of aryl methyl sites for hydroxylation is 1. The molecule has 0 atom stereocenters. The first-order valence-electron chi connectivity index (χ1n) is 8.37. The summed E-state index contributed by atoms with van der Waals surface area (Å²) in [7, 11) is 0. The summed E-state index contributed by atoms with van der Waals surface area (Å²) in [4.78, 5) is 12.4. The van der Waals surface area contributed by atoms with Crippen LogP contribution in [-0.2, 0) is 6.54 Å². The quantitative estimate of drug-likeness (QED) is 0.644. The standard InChI is InChI=1S/C20H20ClN3O2/c1-15-7-5-6-10-18(15)26-12-11-22-17-13-23-24(20(25)19(17)21)14-16-8-3-2-4-9-16/h2-10,13,22H,11-12,14H2,1H3. The number of nitrogens with one attached hydrogen (secondary N) is 1. The molecule has 0 unspecified atom stereocenters. The highest BCUT2D eigenvalue weighted by Gasteiger charge is 2.09. The van der Waals surface area contributed by atoms with Gasteiger partial charge in [-0.25, -0.2) is 4.68 Å². The van der Waals surface area contributed by atoms with Crippen LogP contribution in [0.3, 0.4) is 0 Å². The summed E-state index contributed by atoms with van der Waals surface area (Å²) in [6.07, 6.45) is 1.57. The molecular formula is C20H20ClN3O2. The first kappa shape index (κ1) is 18.0. The number of nitrogens with zero attached hydrogens (tertiary/aromatic N) is 2. The molecule has 0 fully saturated rings. The van der Waals surface area contributed by atoms with Gasteiger partial charge in [-0.15, -0.1) is 0 Å². The maximum atomic E-state index is 12.4. The molecule has 0 amide bonds. The van der Waals surface area contributed by atoms with E-state index in [0.29, 0.717) is 25.4 Å². The lowest BCUT2D eigenvalue weighted by molar-refractivity contribution is 0.330. The Kier molecular flexibility index (Phi) is 5.92. The number of rotatable bonds is 7. The van der Waals surface area contributed by atoms with Crippen molar-refractivity contribution in [2.24, 2.45) is 0 Å². The Balaban J connectivity index is 1.60. The SMILES string of the molecule is Cc1ccccc1OCCNc1cnn(Cc2ccccc2)c(=O)c1Cl. The van der Waals surface area contributed by atoms with Gasteiger partial charge in [0.05, 0.1) is 18.4 Å². The number of hydrogen-bond donors (Lipinski definition) is 1. The van der Waals surface area contributed by atoms with E-state index in [2.05, 4.69) is 10.4 Å². The highest BCUT2D eigenvalue weighted by atomic mass is 35.5. The first-order valence-corrected chi connectivity index (χ1v) is 8.75. The van der Waals surface area contributed by atoms with Gasteiger partial charge in [-0.1, -0.05) is 60.1 Å². The van der Waals surface area contributed by atoms with Gasteiger partial charge in [0.1, 0.15) is 17.4 Å². The van der Waals surface area contributed by atoms with Crippen molar-refractivity contribution in [2.75, 3.05) is 18.5 Å². The van der Waals surface area contributed by atoms with E-state index < -0.39 is 0 Å². The van der Waals surface area contributed by atoms with Gasteiger partial charge >= 0.3 is 0 Å². The Bertz CT molecular complexity index is 926. The van der Waals surface area contributed by atoms with Gasteiger partial charge in [0.2, 0.25) is 0 Å². The van der Waals surface area contributed by atoms with E-state index in [1.807, 2.05) is 61.5 Å². The highest BCUT2D eigenvalue weighted by molar-refractivity contribution is 6.32. The van der Waals surface area contributed by atoms with E-state index in [9.17, 15) is 4.79 Å². The van der Waals surface area contributed by atoms with Gasteiger partial charge in [0, 0.05) is 6.54 Å². The number of hydrogen-bond acceptors (Lipinski definition) is 4. The molecule has 2 aromatic carbocycles. The molecule has 26 heavy (non-hydrogen) atoms. The lowest BCUT2D eigenvalue weighted by Gasteiger charge is -2.12. The fourth-order valence-electron chi connectivity index (χ4n) is 2.52. The normalized spacial score (nSPS) is 10.5. The van der Waals surface area contributed by atoms with Gasteiger partial charge < -0.3 is 10.1 Å². The molecule has 0 bridgehead atoms. The number of aromatic nitrogens is 2. The molecule has 3 aromatic rings. The third-order valence-corrected chi connectivity index (χ3v) is 4.29. The number of ether oxygens (including phenoxy) is 1. The Labute approximate surface area is 157 Å². The molecule has 0 radical (unpaired) electrons. The van der Waals surface area contributed by atoms with Crippen LogP contribution in [0.2, 0.25) is 5.02 Å². The van der Waals surface area contributed by atoms with Crippen molar-refractivity contribution in [1.29, 1.82) is 0 Å². The number of anilines is 1. The summed E-state index contributed by atoms with van der Waals surface area (Å²) in [6, 6.07) is 17.5. The Morgan fingerprint density at radius 3 is 2.62 bits per heavy atom. The zero-order valence-corrected chi connectivity index (χ0v) is 15.2. The average Bonchev–Trinajstić information content (AvgIpc) is 2.66. The molecule has 134 valence electrons. The van der Waals surface area contributed by atoms with Crippen LogP contribution in [0.15, 0.2) is 65.6 Å². The van der Waals surface area contributed by atoms with Gasteiger partial charge in [0.25, 0.3) is 5.56 Å². The van der Waals surface area contributed by atoms with Crippen LogP contribution >= 0.6 is 11.6 Å². The molecule has 1 heterocycles. The second-order valence-corrected chi connectivity index (χ2v) is 6.24. The molecule has 0 aliphatic carbocycles. The summed E-state index contributed by atoms with van der Waals surface area (Å²) >= 11 is 6.21. The van der Waals surface area contributed by atoms with Crippen molar-refractivity contribution in [3.05, 3.63) is 87.3 Å². The molecule has 1 aromatic heterocycles. The molecular weight excluding hydrogens is 350 g/mol. The van der Waals surface area contributed by atoms with Crippen molar-refractivity contribution in [1.82, 2.24) is 9.78 Å². The van der Waals surface area contributed by atoms with E-state index in [0.717, 1.165) is 16.9 Å². The van der Waals surface area contributed by atoms with Crippen molar-refractivity contribution >= 4 is 17.3 Å². The van der Waals surface area contributed by atoms with Gasteiger partial charge in [-0.2, -0.15) is 5.10 Å². The zero-order chi connectivity index (χ0) is 18.4. The smallest absolute Gasteiger partial charge is 0.287 e. The van der Waals surface area contributed by atoms with Gasteiger partial charge in [-0.3, -0.25) is 4.79 Å². The van der Waals surface area contributed by atoms with E-state index >= 15 is 0 Å². The molecule has 3 rings (SSSR count). The number of halogens is 1. The van der Waals surface area contributed by atoms with Crippen molar-refractivity contribution in [2.45, 2.75) is 13.5 Å². The predicted molar refractivity (Wildman–Crippen MR) is 104 cm³/mol. The molecule has 1 N–H and O–H groups in total. The van der Waals surface area contributed by atoms with Crippen LogP contribution in [0, 0.1) is 6.92 Å². The summed E-state index contributed by atoms with van der Waals surface area (Å²) in [5, 5.41) is 7.43. The van der Waals surface area contributed by atoms with Crippen LogP contribution < -0.4 is 15.6 Å².